The summed E-state index contributed by atoms with van der Waals surface area (Å²) < 4.78 is 32.5. The van der Waals surface area contributed by atoms with Crippen LogP contribution in [0, 0.1) is 6.92 Å². The summed E-state index contributed by atoms with van der Waals surface area (Å²) in [6.45, 7) is 3.34. The monoisotopic (exact) mass is 354 g/mol. The molecule has 2 N–H and O–H groups in total. The number of methoxy groups -OCH3 is 1. The van der Waals surface area contributed by atoms with Gasteiger partial charge in [-0.3, -0.25) is 4.79 Å². The maximum Gasteiger partial charge on any atom is 0.241 e. The number of carbonyl (C=O) groups excluding carboxylic acids is 1. The van der Waals surface area contributed by atoms with Crippen LogP contribution in [-0.4, -0.2) is 33.5 Å². The number of hydrogen-bond donors (Lipinski definition) is 2. The van der Waals surface area contributed by atoms with Crippen LogP contribution in [0.25, 0.3) is 0 Å². The molecule has 2 rings (SSSR count). The number of carbonyl (C=O) groups is 1. The minimum Gasteiger partial charge on any atom is -0.496 e. The van der Waals surface area contributed by atoms with Crippen molar-refractivity contribution in [2.75, 3.05) is 7.11 Å². The molecule has 0 bridgehead atoms. The molecule has 0 saturated heterocycles. The van der Waals surface area contributed by atoms with E-state index in [0.29, 0.717) is 5.75 Å². The fourth-order valence-corrected chi connectivity index (χ4v) is 4.23. The summed E-state index contributed by atoms with van der Waals surface area (Å²) in [4.78, 5) is 12.4. The molecule has 1 atom stereocenters. The molecule has 1 fully saturated rings. The van der Waals surface area contributed by atoms with E-state index in [0.717, 1.165) is 31.2 Å². The Kier molecular flexibility index (Phi) is 6.23. The van der Waals surface area contributed by atoms with Crippen molar-refractivity contribution >= 4 is 15.9 Å². The Morgan fingerprint density at radius 2 is 1.92 bits per heavy atom. The highest BCUT2D eigenvalue weighted by molar-refractivity contribution is 7.89. The first kappa shape index (κ1) is 18.7. The molecular weight excluding hydrogens is 328 g/mol. The Bertz CT molecular complexity index is 682. The number of sulfonamides is 1. The van der Waals surface area contributed by atoms with Crippen LogP contribution in [0.3, 0.4) is 0 Å². The molecule has 0 aromatic heterocycles. The number of amides is 1. The summed E-state index contributed by atoms with van der Waals surface area (Å²) >= 11 is 0. The summed E-state index contributed by atoms with van der Waals surface area (Å²) in [5.41, 5.74) is 0.722. The SMILES string of the molecule is COc1ccc(S(=O)(=O)N[C@@H](C)C(=O)NC2CCCCC2)cc1C. The van der Waals surface area contributed by atoms with Crippen molar-refractivity contribution in [3.8, 4) is 5.75 Å². The topological polar surface area (TPSA) is 84.5 Å². The van der Waals surface area contributed by atoms with Gasteiger partial charge in [-0.05, 0) is 50.5 Å². The molecule has 1 saturated carbocycles. The van der Waals surface area contributed by atoms with Gasteiger partial charge in [-0.25, -0.2) is 8.42 Å². The average Bonchev–Trinajstić information content (AvgIpc) is 2.55. The summed E-state index contributed by atoms with van der Waals surface area (Å²) in [7, 11) is -2.23. The van der Waals surface area contributed by atoms with E-state index in [1.807, 2.05) is 0 Å². The van der Waals surface area contributed by atoms with Gasteiger partial charge in [-0.2, -0.15) is 4.72 Å². The van der Waals surface area contributed by atoms with Gasteiger partial charge in [0.05, 0.1) is 18.0 Å². The molecule has 1 aromatic rings. The van der Waals surface area contributed by atoms with E-state index in [1.54, 1.807) is 19.9 Å². The first-order valence-electron chi connectivity index (χ1n) is 8.31. The molecule has 134 valence electrons. The van der Waals surface area contributed by atoms with Gasteiger partial charge in [0, 0.05) is 6.04 Å². The summed E-state index contributed by atoms with van der Waals surface area (Å²) in [5, 5.41) is 2.94. The number of hydrogen-bond acceptors (Lipinski definition) is 4. The van der Waals surface area contributed by atoms with Crippen LogP contribution < -0.4 is 14.8 Å². The number of benzene rings is 1. The van der Waals surface area contributed by atoms with Gasteiger partial charge in [0.1, 0.15) is 5.75 Å². The van der Waals surface area contributed by atoms with Crippen molar-refractivity contribution in [2.24, 2.45) is 0 Å². The molecule has 6 nitrogen and oxygen atoms in total. The quantitative estimate of drug-likeness (QED) is 0.819. The third-order valence-electron chi connectivity index (χ3n) is 4.35. The van der Waals surface area contributed by atoms with E-state index in [4.69, 9.17) is 4.74 Å². The third kappa shape index (κ3) is 4.70. The standard InChI is InChI=1S/C17H26N2O4S/c1-12-11-15(9-10-16(12)23-3)24(21,22)19-13(2)17(20)18-14-7-5-4-6-8-14/h9-11,13-14,19H,4-8H2,1-3H3,(H,18,20)/t13-/m0/s1. The fraction of sp³-hybridized carbons (Fsp3) is 0.588. The molecule has 1 aliphatic carbocycles. The van der Waals surface area contributed by atoms with E-state index >= 15 is 0 Å². The second kappa shape index (κ2) is 7.98. The average molecular weight is 354 g/mol. The highest BCUT2D eigenvalue weighted by Crippen LogP contribution is 2.21. The Labute approximate surface area is 144 Å². The zero-order valence-corrected chi connectivity index (χ0v) is 15.3. The minimum absolute atomic E-state index is 0.123. The normalized spacial score (nSPS) is 17.3. The fourth-order valence-electron chi connectivity index (χ4n) is 2.95. The van der Waals surface area contributed by atoms with Crippen LogP contribution in [0.15, 0.2) is 23.1 Å². The maximum atomic E-state index is 12.5. The van der Waals surface area contributed by atoms with E-state index in [2.05, 4.69) is 10.0 Å². The first-order chi connectivity index (χ1) is 11.3. The van der Waals surface area contributed by atoms with Crippen LogP contribution in [0.4, 0.5) is 0 Å². The third-order valence-corrected chi connectivity index (χ3v) is 5.89. The number of aryl methyl sites for hydroxylation is 1. The lowest BCUT2D eigenvalue weighted by Crippen LogP contribution is -2.48. The summed E-state index contributed by atoms with van der Waals surface area (Å²) in [6.07, 6.45) is 5.34. The molecule has 1 aromatic carbocycles. The van der Waals surface area contributed by atoms with Crippen LogP contribution >= 0.6 is 0 Å². The van der Waals surface area contributed by atoms with Crippen molar-refractivity contribution in [3.05, 3.63) is 23.8 Å². The smallest absolute Gasteiger partial charge is 0.241 e. The van der Waals surface area contributed by atoms with E-state index < -0.39 is 16.1 Å². The molecule has 0 radical (unpaired) electrons. The molecule has 24 heavy (non-hydrogen) atoms. The number of nitrogens with one attached hydrogen (secondary N) is 2. The second-order valence-electron chi connectivity index (χ2n) is 6.32. The Morgan fingerprint density at radius 3 is 2.50 bits per heavy atom. The van der Waals surface area contributed by atoms with Gasteiger partial charge < -0.3 is 10.1 Å². The van der Waals surface area contributed by atoms with E-state index in [1.165, 1.54) is 25.7 Å². The van der Waals surface area contributed by atoms with Crippen molar-refractivity contribution in [3.63, 3.8) is 0 Å². The second-order valence-corrected chi connectivity index (χ2v) is 8.03. The van der Waals surface area contributed by atoms with Gasteiger partial charge in [0.25, 0.3) is 0 Å². The first-order valence-corrected chi connectivity index (χ1v) is 9.79. The van der Waals surface area contributed by atoms with Gasteiger partial charge in [-0.1, -0.05) is 19.3 Å². The minimum atomic E-state index is -3.76. The van der Waals surface area contributed by atoms with E-state index in [9.17, 15) is 13.2 Å². The largest absolute Gasteiger partial charge is 0.496 e. The van der Waals surface area contributed by atoms with Gasteiger partial charge >= 0.3 is 0 Å². The lowest BCUT2D eigenvalue weighted by molar-refractivity contribution is -0.123. The molecule has 0 heterocycles. The highest BCUT2D eigenvalue weighted by Gasteiger charge is 2.24. The molecule has 1 amide bonds. The van der Waals surface area contributed by atoms with Crippen LogP contribution in [0.5, 0.6) is 5.75 Å². The zero-order valence-electron chi connectivity index (χ0n) is 14.5. The lowest BCUT2D eigenvalue weighted by atomic mass is 9.95. The Hall–Kier alpha value is -1.60. The Morgan fingerprint density at radius 1 is 1.25 bits per heavy atom. The van der Waals surface area contributed by atoms with Gasteiger partial charge in [0.15, 0.2) is 0 Å². The summed E-state index contributed by atoms with van der Waals surface area (Å²) in [5.74, 6) is 0.341. The number of ether oxygens (including phenoxy) is 1. The Balaban J connectivity index is 2.01. The molecule has 1 aliphatic rings. The molecular formula is C17H26N2O4S. The van der Waals surface area contributed by atoms with Crippen LogP contribution in [0.2, 0.25) is 0 Å². The van der Waals surface area contributed by atoms with Gasteiger partial charge in [0.2, 0.25) is 15.9 Å². The van der Waals surface area contributed by atoms with Gasteiger partial charge in [-0.15, -0.1) is 0 Å². The van der Waals surface area contributed by atoms with Crippen LogP contribution in [-0.2, 0) is 14.8 Å². The predicted octanol–water partition coefficient (Wildman–Crippen LogP) is 2.12. The van der Waals surface area contributed by atoms with Crippen molar-refractivity contribution in [1.82, 2.24) is 10.0 Å². The summed E-state index contributed by atoms with van der Waals surface area (Å²) in [6, 6.07) is 3.95. The van der Waals surface area contributed by atoms with Crippen molar-refractivity contribution in [2.45, 2.75) is 62.9 Å². The molecule has 7 heteroatoms. The van der Waals surface area contributed by atoms with Crippen LogP contribution in [0.1, 0.15) is 44.6 Å². The van der Waals surface area contributed by atoms with Crippen molar-refractivity contribution < 1.29 is 17.9 Å². The predicted molar refractivity (Wildman–Crippen MR) is 92.5 cm³/mol. The maximum absolute atomic E-state index is 12.5. The zero-order chi connectivity index (χ0) is 17.7. The number of rotatable bonds is 6. The molecule has 0 unspecified atom stereocenters. The highest BCUT2D eigenvalue weighted by atomic mass is 32.2. The lowest BCUT2D eigenvalue weighted by Gasteiger charge is -2.24. The van der Waals surface area contributed by atoms with E-state index in [-0.39, 0.29) is 16.8 Å². The molecule has 0 spiro atoms. The molecule has 0 aliphatic heterocycles. The van der Waals surface area contributed by atoms with Crippen molar-refractivity contribution in [1.29, 1.82) is 0 Å².